The standard InChI is InChI=1S/C24H28FN/c1-24(2)20-13-12-19(22(24)14-20)16-26(3)15-17-8-10-18(11-9-17)21-6-4-5-7-23(21)25/h4-12,20,22H,13-16H2,1-3H3/t20-,22-/m0/s1. The first-order valence-corrected chi connectivity index (χ1v) is 9.66. The van der Waals surface area contributed by atoms with E-state index in [0.29, 0.717) is 11.0 Å². The molecule has 0 heterocycles. The van der Waals surface area contributed by atoms with E-state index in [9.17, 15) is 4.39 Å². The van der Waals surface area contributed by atoms with Crippen molar-refractivity contribution >= 4 is 0 Å². The summed E-state index contributed by atoms with van der Waals surface area (Å²) in [4.78, 5) is 2.40. The first kappa shape index (κ1) is 17.5. The smallest absolute Gasteiger partial charge is 0.131 e. The van der Waals surface area contributed by atoms with Crippen molar-refractivity contribution in [2.45, 2.75) is 33.2 Å². The third kappa shape index (κ3) is 3.12. The topological polar surface area (TPSA) is 3.24 Å². The molecule has 0 spiro atoms. The maximum absolute atomic E-state index is 13.9. The molecule has 3 aliphatic rings. The largest absolute Gasteiger partial charge is 0.298 e. The van der Waals surface area contributed by atoms with Gasteiger partial charge in [-0.1, -0.05) is 68.0 Å². The molecule has 0 unspecified atom stereocenters. The van der Waals surface area contributed by atoms with Crippen molar-refractivity contribution in [3.63, 3.8) is 0 Å². The van der Waals surface area contributed by atoms with E-state index in [0.717, 1.165) is 30.5 Å². The molecule has 1 nitrogen and oxygen atoms in total. The van der Waals surface area contributed by atoms with Crippen molar-refractivity contribution < 1.29 is 4.39 Å². The highest BCUT2D eigenvalue weighted by atomic mass is 19.1. The van der Waals surface area contributed by atoms with E-state index >= 15 is 0 Å². The number of hydrogen-bond acceptors (Lipinski definition) is 1. The first-order valence-electron chi connectivity index (χ1n) is 9.66. The summed E-state index contributed by atoms with van der Waals surface area (Å²) in [6, 6.07) is 15.3. The maximum Gasteiger partial charge on any atom is 0.131 e. The Balaban J connectivity index is 1.40. The first-order chi connectivity index (χ1) is 12.4. The van der Waals surface area contributed by atoms with Gasteiger partial charge in [-0.15, -0.1) is 0 Å². The van der Waals surface area contributed by atoms with Crippen LogP contribution in [0.1, 0.15) is 32.3 Å². The fourth-order valence-electron chi connectivity index (χ4n) is 4.82. The van der Waals surface area contributed by atoms with E-state index in [-0.39, 0.29) is 5.82 Å². The predicted octanol–water partition coefficient (Wildman–Crippen LogP) is 5.92. The van der Waals surface area contributed by atoms with Crippen LogP contribution in [0.5, 0.6) is 0 Å². The molecule has 0 N–H and O–H groups in total. The minimum absolute atomic E-state index is 0.164. The van der Waals surface area contributed by atoms with Gasteiger partial charge in [0, 0.05) is 18.7 Å². The highest BCUT2D eigenvalue weighted by molar-refractivity contribution is 5.64. The second kappa shape index (κ2) is 6.66. The molecule has 1 saturated carbocycles. The van der Waals surface area contributed by atoms with Gasteiger partial charge in [0.1, 0.15) is 5.82 Å². The third-order valence-corrected chi connectivity index (χ3v) is 6.63. The number of rotatable bonds is 5. The van der Waals surface area contributed by atoms with Gasteiger partial charge < -0.3 is 0 Å². The van der Waals surface area contributed by atoms with Crippen LogP contribution in [0.2, 0.25) is 0 Å². The zero-order valence-electron chi connectivity index (χ0n) is 16.0. The summed E-state index contributed by atoms with van der Waals surface area (Å²) >= 11 is 0. The molecule has 2 aromatic rings. The predicted molar refractivity (Wildman–Crippen MR) is 106 cm³/mol. The highest BCUT2D eigenvalue weighted by Crippen LogP contribution is 2.59. The molecule has 136 valence electrons. The summed E-state index contributed by atoms with van der Waals surface area (Å²) in [5.74, 6) is 1.50. The van der Waals surface area contributed by atoms with Crippen molar-refractivity contribution in [3.05, 3.63) is 71.6 Å². The quantitative estimate of drug-likeness (QED) is 0.606. The third-order valence-electron chi connectivity index (χ3n) is 6.63. The van der Waals surface area contributed by atoms with Crippen LogP contribution < -0.4 is 0 Å². The molecule has 2 atom stereocenters. The zero-order valence-corrected chi connectivity index (χ0v) is 16.0. The van der Waals surface area contributed by atoms with Crippen molar-refractivity contribution in [2.24, 2.45) is 17.3 Å². The molecule has 5 rings (SSSR count). The number of benzene rings is 2. The van der Waals surface area contributed by atoms with Crippen LogP contribution in [0.25, 0.3) is 11.1 Å². The van der Waals surface area contributed by atoms with Crippen molar-refractivity contribution in [1.82, 2.24) is 4.90 Å². The molecule has 26 heavy (non-hydrogen) atoms. The van der Waals surface area contributed by atoms with Crippen LogP contribution in [-0.4, -0.2) is 18.5 Å². The van der Waals surface area contributed by atoms with E-state index in [2.05, 4.69) is 44.0 Å². The number of nitrogens with zero attached hydrogens (tertiary/aromatic N) is 1. The van der Waals surface area contributed by atoms with Crippen LogP contribution in [0.4, 0.5) is 4.39 Å². The average molecular weight is 349 g/mol. The molecule has 0 saturated heterocycles. The highest BCUT2D eigenvalue weighted by Gasteiger charge is 2.50. The SMILES string of the molecule is CN(CC1=CC[C@H]2C[C@@H]1C2(C)C)Cc1ccc(-c2ccccc2F)cc1. The lowest BCUT2D eigenvalue weighted by molar-refractivity contribution is -0.0101. The Morgan fingerprint density at radius 2 is 1.77 bits per heavy atom. The maximum atomic E-state index is 13.9. The van der Waals surface area contributed by atoms with E-state index < -0.39 is 0 Å². The fourth-order valence-corrected chi connectivity index (χ4v) is 4.82. The molecule has 0 radical (unpaired) electrons. The summed E-state index contributed by atoms with van der Waals surface area (Å²) in [6.45, 7) is 6.84. The van der Waals surface area contributed by atoms with Gasteiger partial charge in [-0.2, -0.15) is 0 Å². The lowest BCUT2D eigenvalue weighted by atomic mass is 9.49. The molecule has 3 aliphatic carbocycles. The van der Waals surface area contributed by atoms with E-state index in [1.54, 1.807) is 11.6 Å². The van der Waals surface area contributed by atoms with E-state index in [1.165, 1.54) is 24.5 Å². The van der Waals surface area contributed by atoms with Gasteiger partial charge in [0.25, 0.3) is 0 Å². The van der Waals surface area contributed by atoms with Gasteiger partial charge in [-0.25, -0.2) is 4.39 Å². The summed E-state index contributed by atoms with van der Waals surface area (Å²) in [6.07, 6.45) is 5.12. The van der Waals surface area contributed by atoms with Gasteiger partial charge in [-0.05, 0) is 54.3 Å². The lowest BCUT2D eigenvalue weighted by Gasteiger charge is -2.57. The Bertz CT molecular complexity index is 818. The van der Waals surface area contributed by atoms with Crippen LogP contribution in [0.15, 0.2) is 60.2 Å². The summed E-state index contributed by atoms with van der Waals surface area (Å²) < 4.78 is 13.9. The molecule has 1 fully saturated rings. The minimum Gasteiger partial charge on any atom is -0.298 e. The molecule has 0 amide bonds. The number of likely N-dealkylation sites (N-methyl/N-ethyl adjacent to an activating group) is 1. The number of allylic oxidation sites excluding steroid dienone is 1. The zero-order chi connectivity index (χ0) is 18.3. The van der Waals surface area contributed by atoms with Gasteiger partial charge in [0.05, 0.1) is 0 Å². The minimum atomic E-state index is -0.164. The Morgan fingerprint density at radius 1 is 1.04 bits per heavy atom. The van der Waals surface area contributed by atoms with Crippen LogP contribution >= 0.6 is 0 Å². The molecular formula is C24H28FN. The Hall–Kier alpha value is -1.93. The summed E-state index contributed by atoms with van der Waals surface area (Å²) in [5.41, 5.74) is 5.00. The van der Waals surface area contributed by atoms with Gasteiger partial charge in [0.15, 0.2) is 0 Å². The number of fused-ring (bicyclic) bond motifs is 1. The van der Waals surface area contributed by atoms with Crippen LogP contribution in [0.3, 0.4) is 0 Å². The van der Waals surface area contributed by atoms with E-state index in [4.69, 9.17) is 0 Å². The normalized spacial score (nSPS) is 23.5. The Labute approximate surface area is 156 Å². The summed E-state index contributed by atoms with van der Waals surface area (Å²) in [5, 5.41) is 0. The lowest BCUT2D eigenvalue weighted by Crippen LogP contribution is -2.49. The second-order valence-electron chi connectivity index (χ2n) is 8.67. The van der Waals surface area contributed by atoms with Gasteiger partial charge >= 0.3 is 0 Å². The van der Waals surface area contributed by atoms with E-state index in [1.807, 2.05) is 24.3 Å². The van der Waals surface area contributed by atoms with Gasteiger partial charge in [0.2, 0.25) is 0 Å². The molecule has 2 aromatic carbocycles. The summed E-state index contributed by atoms with van der Waals surface area (Å²) in [7, 11) is 2.20. The van der Waals surface area contributed by atoms with Crippen molar-refractivity contribution in [2.75, 3.05) is 13.6 Å². The number of halogens is 1. The monoisotopic (exact) mass is 349 g/mol. The van der Waals surface area contributed by atoms with Crippen LogP contribution in [0, 0.1) is 23.1 Å². The van der Waals surface area contributed by atoms with Crippen LogP contribution in [-0.2, 0) is 6.54 Å². The van der Waals surface area contributed by atoms with Crippen molar-refractivity contribution in [3.8, 4) is 11.1 Å². The molecule has 0 aromatic heterocycles. The molecule has 0 aliphatic heterocycles. The molecule has 2 heteroatoms. The average Bonchev–Trinajstić information content (AvgIpc) is 2.63. The molecular weight excluding hydrogens is 321 g/mol. The van der Waals surface area contributed by atoms with Gasteiger partial charge in [-0.3, -0.25) is 4.90 Å². The van der Waals surface area contributed by atoms with Crippen molar-refractivity contribution in [1.29, 1.82) is 0 Å². The number of hydrogen-bond donors (Lipinski definition) is 0. The Morgan fingerprint density at radius 3 is 2.42 bits per heavy atom. The fraction of sp³-hybridized carbons (Fsp3) is 0.417. The second-order valence-corrected chi connectivity index (χ2v) is 8.67. The Kier molecular flexibility index (Phi) is 4.48. The molecule has 2 bridgehead atoms.